The highest BCUT2D eigenvalue weighted by atomic mass is 32.2. The third-order valence-corrected chi connectivity index (χ3v) is 8.84. The first-order valence-electron chi connectivity index (χ1n) is 13.8. The van der Waals surface area contributed by atoms with Crippen LogP contribution in [0.15, 0.2) is 35.2 Å². The molecule has 40 heavy (non-hydrogen) atoms. The molecule has 2 fully saturated rings. The molecule has 0 saturated carbocycles. The predicted octanol–water partition coefficient (Wildman–Crippen LogP) is 3.48. The quantitative estimate of drug-likeness (QED) is 0.456. The third-order valence-electron chi connectivity index (χ3n) is 7.47. The minimum atomic E-state index is -3.98. The standard InChI is InChI=1S/C29H35N5O5S/c1-3-6-26(35)24-17-22(18-30)28(31-25(24)19-34-14-5-4-7-27(34)36)33-15-12-21(13-16-33)29(37)32-40(38,39)23-10-8-20(2)9-11-23/h8-11,17,21H,3-7,12-16,19H2,1-2H3,(H,32,37). The van der Waals surface area contributed by atoms with Crippen LogP contribution >= 0.6 is 0 Å². The van der Waals surface area contributed by atoms with E-state index in [0.717, 1.165) is 18.4 Å². The highest BCUT2D eigenvalue weighted by molar-refractivity contribution is 7.90. The number of benzene rings is 1. The van der Waals surface area contributed by atoms with Gasteiger partial charge >= 0.3 is 0 Å². The van der Waals surface area contributed by atoms with E-state index in [9.17, 15) is 28.1 Å². The Morgan fingerprint density at radius 3 is 2.45 bits per heavy atom. The number of Topliss-reactive ketones (excluding diaryl/α,β-unsaturated/α-hetero) is 1. The van der Waals surface area contributed by atoms with Crippen molar-refractivity contribution in [3.8, 4) is 6.07 Å². The fourth-order valence-electron chi connectivity index (χ4n) is 5.14. The number of ketones is 1. The van der Waals surface area contributed by atoms with E-state index in [1.54, 1.807) is 23.1 Å². The van der Waals surface area contributed by atoms with Crippen molar-refractivity contribution in [2.24, 2.45) is 5.92 Å². The number of anilines is 1. The summed E-state index contributed by atoms with van der Waals surface area (Å²) < 4.78 is 27.6. The van der Waals surface area contributed by atoms with E-state index in [0.29, 0.717) is 68.8 Å². The first-order valence-corrected chi connectivity index (χ1v) is 15.2. The molecule has 2 saturated heterocycles. The van der Waals surface area contributed by atoms with E-state index in [1.807, 2.05) is 18.7 Å². The Labute approximate surface area is 235 Å². The lowest BCUT2D eigenvalue weighted by molar-refractivity contribution is -0.134. The Hall–Kier alpha value is -3.78. The molecule has 2 amide bonds. The lowest BCUT2D eigenvalue weighted by Crippen LogP contribution is -2.43. The SMILES string of the molecule is CCCC(=O)c1cc(C#N)c(N2CCC(C(=O)NS(=O)(=O)c3ccc(C)cc3)CC2)nc1CN1CCCCC1=O. The smallest absolute Gasteiger partial charge is 0.264 e. The molecule has 2 aliphatic heterocycles. The van der Waals surface area contributed by atoms with Crippen LogP contribution in [0.2, 0.25) is 0 Å². The number of pyridine rings is 1. The molecule has 2 aromatic rings. The Kier molecular flexibility index (Phi) is 9.20. The van der Waals surface area contributed by atoms with Gasteiger partial charge in [-0.05, 0) is 57.2 Å². The molecule has 3 heterocycles. The minimum Gasteiger partial charge on any atom is -0.355 e. The van der Waals surface area contributed by atoms with Gasteiger partial charge in [0.15, 0.2) is 5.78 Å². The van der Waals surface area contributed by atoms with Crippen LogP contribution in [-0.2, 0) is 26.2 Å². The van der Waals surface area contributed by atoms with Gasteiger partial charge in [0.05, 0.1) is 22.7 Å². The second-order valence-electron chi connectivity index (χ2n) is 10.5. The Morgan fingerprint density at radius 2 is 1.82 bits per heavy atom. The van der Waals surface area contributed by atoms with Crippen molar-refractivity contribution < 1.29 is 22.8 Å². The van der Waals surface area contributed by atoms with Gasteiger partial charge in [0.25, 0.3) is 10.0 Å². The maximum Gasteiger partial charge on any atom is 0.264 e. The number of carbonyl (C=O) groups is 3. The number of hydrogen-bond acceptors (Lipinski definition) is 8. The number of aryl methyl sites for hydroxylation is 1. The third kappa shape index (κ3) is 6.67. The van der Waals surface area contributed by atoms with Crippen molar-refractivity contribution in [2.75, 3.05) is 24.5 Å². The first kappa shape index (κ1) is 29.2. The average molecular weight is 566 g/mol. The van der Waals surface area contributed by atoms with E-state index < -0.39 is 21.8 Å². The van der Waals surface area contributed by atoms with Crippen LogP contribution in [0.5, 0.6) is 0 Å². The van der Waals surface area contributed by atoms with Crippen LogP contribution < -0.4 is 9.62 Å². The molecule has 0 unspecified atom stereocenters. The number of rotatable bonds is 9. The van der Waals surface area contributed by atoms with Gasteiger partial charge in [-0.1, -0.05) is 24.6 Å². The van der Waals surface area contributed by atoms with Crippen LogP contribution in [0.25, 0.3) is 0 Å². The van der Waals surface area contributed by atoms with Crippen LogP contribution in [0.1, 0.15) is 79.0 Å². The molecule has 0 atom stereocenters. The lowest BCUT2D eigenvalue weighted by Gasteiger charge is -2.33. The summed E-state index contributed by atoms with van der Waals surface area (Å²) in [6, 6.07) is 10.0. The fraction of sp³-hybridized carbons (Fsp3) is 0.483. The number of piperidine rings is 2. The van der Waals surface area contributed by atoms with Crippen molar-refractivity contribution in [3.05, 3.63) is 52.7 Å². The zero-order chi connectivity index (χ0) is 28.9. The highest BCUT2D eigenvalue weighted by Gasteiger charge is 2.31. The Morgan fingerprint density at radius 1 is 1.12 bits per heavy atom. The van der Waals surface area contributed by atoms with Crippen LogP contribution in [0, 0.1) is 24.2 Å². The summed E-state index contributed by atoms with van der Waals surface area (Å²) in [4.78, 5) is 46.7. The fourth-order valence-corrected chi connectivity index (χ4v) is 6.19. The molecule has 10 nitrogen and oxygen atoms in total. The molecular weight excluding hydrogens is 530 g/mol. The normalized spacial score (nSPS) is 16.5. The van der Waals surface area contributed by atoms with E-state index in [-0.39, 0.29) is 28.7 Å². The van der Waals surface area contributed by atoms with Gasteiger partial charge < -0.3 is 9.80 Å². The van der Waals surface area contributed by atoms with Gasteiger partial charge in [-0.3, -0.25) is 14.4 Å². The minimum absolute atomic E-state index is 0.0280. The molecule has 0 spiro atoms. The summed E-state index contributed by atoms with van der Waals surface area (Å²) in [6.07, 6.45) is 3.92. The zero-order valence-electron chi connectivity index (χ0n) is 23.0. The van der Waals surface area contributed by atoms with Gasteiger partial charge in [0, 0.05) is 44.0 Å². The maximum atomic E-state index is 12.9. The number of carbonyl (C=O) groups excluding carboxylic acids is 3. The molecule has 0 bridgehead atoms. The van der Waals surface area contributed by atoms with Crippen molar-refractivity contribution in [3.63, 3.8) is 0 Å². The largest absolute Gasteiger partial charge is 0.355 e. The van der Waals surface area contributed by atoms with E-state index in [4.69, 9.17) is 4.98 Å². The molecule has 11 heteroatoms. The summed E-state index contributed by atoms with van der Waals surface area (Å²) in [5, 5.41) is 9.91. The molecule has 2 aliphatic rings. The van der Waals surface area contributed by atoms with Crippen LogP contribution in [0.4, 0.5) is 5.82 Å². The van der Waals surface area contributed by atoms with Gasteiger partial charge in [-0.2, -0.15) is 5.26 Å². The number of likely N-dealkylation sites (tertiary alicyclic amines) is 1. The maximum absolute atomic E-state index is 12.9. The molecule has 4 rings (SSSR count). The molecule has 0 radical (unpaired) electrons. The van der Waals surface area contributed by atoms with Gasteiger partial charge in [-0.15, -0.1) is 0 Å². The van der Waals surface area contributed by atoms with E-state index in [2.05, 4.69) is 10.8 Å². The second kappa shape index (κ2) is 12.6. The average Bonchev–Trinajstić information content (AvgIpc) is 2.94. The van der Waals surface area contributed by atoms with Gasteiger partial charge in [-0.25, -0.2) is 18.1 Å². The summed E-state index contributed by atoms with van der Waals surface area (Å²) in [7, 11) is -3.98. The van der Waals surface area contributed by atoms with E-state index in [1.165, 1.54) is 12.1 Å². The number of aromatic nitrogens is 1. The number of nitrogens with one attached hydrogen (secondary N) is 1. The monoisotopic (exact) mass is 565 g/mol. The van der Waals surface area contributed by atoms with Crippen molar-refractivity contribution in [2.45, 2.75) is 70.2 Å². The number of nitrogens with zero attached hydrogens (tertiary/aromatic N) is 4. The van der Waals surface area contributed by atoms with Crippen molar-refractivity contribution >= 4 is 33.4 Å². The van der Waals surface area contributed by atoms with Crippen molar-refractivity contribution in [1.82, 2.24) is 14.6 Å². The topological polar surface area (TPSA) is 141 Å². The Bertz CT molecular complexity index is 1420. The molecular formula is C29H35N5O5S. The van der Waals surface area contributed by atoms with Crippen molar-refractivity contribution in [1.29, 1.82) is 5.26 Å². The number of nitriles is 1. The van der Waals surface area contributed by atoms with Gasteiger partial charge in [0.1, 0.15) is 11.9 Å². The molecule has 1 N–H and O–H groups in total. The first-order chi connectivity index (χ1) is 19.1. The summed E-state index contributed by atoms with van der Waals surface area (Å²) >= 11 is 0. The van der Waals surface area contributed by atoms with Crippen LogP contribution in [0.3, 0.4) is 0 Å². The molecule has 0 aliphatic carbocycles. The lowest BCUT2D eigenvalue weighted by atomic mass is 9.95. The molecule has 212 valence electrons. The molecule has 1 aromatic heterocycles. The second-order valence-corrected chi connectivity index (χ2v) is 12.1. The highest BCUT2D eigenvalue weighted by Crippen LogP contribution is 2.29. The summed E-state index contributed by atoms with van der Waals surface area (Å²) in [6.45, 7) is 5.33. The number of hydrogen-bond donors (Lipinski definition) is 1. The summed E-state index contributed by atoms with van der Waals surface area (Å²) in [5.74, 6) is -0.736. The van der Waals surface area contributed by atoms with Crippen LogP contribution in [-0.4, -0.2) is 55.5 Å². The number of amides is 2. The summed E-state index contributed by atoms with van der Waals surface area (Å²) in [5.41, 5.74) is 2.03. The predicted molar refractivity (Wildman–Crippen MR) is 149 cm³/mol. The number of sulfonamides is 1. The Balaban J connectivity index is 1.51. The van der Waals surface area contributed by atoms with Gasteiger partial charge in [0.2, 0.25) is 11.8 Å². The molecule has 1 aromatic carbocycles. The van der Waals surface area contributed by atoms with E-state index >= 15 is 0 Å². The zero-order valence-corrected chi connectivity index (χ0v) is 23.8.